The van der Waals surface area contributed by atoms with Gasteiger partial charge in [0.15, 0.2) is 6.10 Å². The maximum absolute atomic E-state index is 12.8. The molecule has 0 aromatic rings. The summed E-state index contributed by atoms with van der Waals surface area (Å²) < 4.78 is 34.3. The van der Waals surface area contributed by atoms with Gasteiger partial charge in [0.25, 0.3) is 7.82 Å². The van der Waals surface area contributed by atoms with Crippen LogP contribution in [0.1, 0.15) is 309 Å². The van der Waals surface area contributed by atoms with Crippen molar-refractivity contribution in [3.8, 4) is 0 Å². The highest BCUT2D eigenvalue weighted by molar-refractivity contribution is 7.45. The van der Waals surface area contributed by atoms with Crippen molar-refractivity contribution < 1.29 is 42.1 Å². The van der Waals surface area contributed by atoms with E-state index in [4.69, 9.17) is 18.5 Å². The third-order valence-corrected chi connectivity index (χ3v) is 15.7. The van der Waals surface area contributed by atoms with Gasteiger partial charge in [-0.25, -0.2) is 0 Å². The third-order valence-electron chi connectivity index (χ3n) is 14.7. The van der Waals surface area contributed by atoms with Crippen LogP contribution in [0.15, 0.2) is 72.9 Å². The summed E-state index contributed by atoms with van der Waals surface area (Å²) >= 11 is 0. The summed E-state index contributed by atoms with van der Waals surface area (Å²) in [4.78, 5) is 38.0. The van der Waals surface area contributed by atoms with E-state index in [-0.39, 0.29) is 32.0 Å². The van der Waals surface area contributed by atoms with Crippen molar-refractivity contribution in [1.29, 1.82) is 0 Å². The van der Waals surface area contributed by atoms with Crippen molar-refractivity contribution in [2.75, 3.05) is 47.5 Å². The molecule has 0 aromatic heterocycles. The average molecular weight is 1140 g/mol. The maximum atomic E-state index is 12.8. The van der Waals surface area contributed by atoms with Crippen LogP contribution in [0.3, 0.4) is 0 Å². The van der Waals surface area contributed by atoms with Gasteiger partial charge in [-0.1, -0.05) is 279 Å². The third kappa shape index (κ3) is 64.6. The van der Waals surface area contributed by atoms with Crippen molar-refractivity contribution in [2.24, 2.45) is 0 Å². The maximum Gasteiger partial charge on any atom is 0.306 e. The van der Waals surface area contributed by atoms with E-state index >= 15 is 0 Å². The first kappa shape index (κ1) is 77.5. The quantitative estimate of drug-likeness (QED) is 0.0195. The highest BCUT2D eigenvalue weighted by Crippen LogP contribution is 2.38. The summed E-state index contributed by atoms with van der Waals surface area (Å²) in [6.07, 6.45) is 81.1. The molecule has 0 aliphatic rings. The van der Waals surface area contributed by atoms with Gasteiger partial charge in [-0.05, 0) is 89.9 Å². The number of allylic oxidation sites excluding steroid dienone is 12. The zero-order valence-corrected chi connectivity index (χ0v) is 53.9. The van der Waals surface area contributed by atoms with E-state index in [1.165, 1.54) is 199 Å². The Morgan fingerprint density at radius 2 is 0.675 bits per heavy atom. The second-order valence-electron chi connectivity index (χ2n) is 23.8. The lowest BCUT2D eigenvalue weighted by Crippen LogP contribution is -2.37. The molecular formula is C70H128NO8P. The Balaban J connectivity index is 4.06. The van der Waals surface area contributed by atoms with Crippen molar-refractivity contribution in [3.05, 3.63) is 72.9 Å². The zero-order chi connectivity index (χ0) is 58.4. The number of phosphoric acid groups is 1. The fourth-order valence-corrected chi connectivity index (χ4v) is 10.2. The minimum Gasteiger partial charge on any atom is -0.756 e. The van der Waals surface area contributed by atoms with E-state index in [1.807, 2.05) is 21.1 Å². The molecule has 0 radical (unpaired) electrons. The molecule has 0 fully saturated rings. The molecule has 0 spiro atoms. The standard InChI is InChI=1S/C70H128NO8P/c1-6-8-10-12-14-16-18-20-22-24-26-28-30-31-32-33-34-35-36-37-38-39-41-43-45-47-49-51-53-55-57-59-61-63-70(73)79-68(67-78-80(74,75)77-65-64-71(3,4)5)66-76-69(72)62-60-58-56-54-52-50-48-46-44-42-40-29-27-25-23-21-19-17-15-13-11-9-7-2/h18-21,24-27,30-31,40,42,68H,6-17,22-23,28-29,32-39,41,43-67H2,1-5H3/b20-18-,21-19-,26-24-,27-25-,31-30-,42-40-. The molecule has 466 valence electrons. The van der Waals surface area contributed by atoms with Crippen LogP contribution in [0.2, 0.25) is 0 Å². The lowest BCUT2D eigenvalue weighted by molar-refractivity contribution is -0.870. The van der Waals surface area contributed by atoms with Gasteiger partial charge < -0.3 is 27.9 Å². The Hall–Kier alpha value is -2.55. The normalized spacial score (nSPS) is 13.6. The van der Waals surface area contributed by atoms with Gasteiger partial charge in [-0.15, -0.1) is 0 Å². The summed E-state index contributed by atoms with van der Waals surface area (Å²) in [5.41, 5.74) is 0. The lowest BCUT2D eigenvalue weighted by Gasteiger charge is -2.28. The van der Waals surface area contributed by atoms with E-state index in [9.17, 15) is 19.0 Å². The van der Waals surface area contributed by atoms with Crippen LogP contribution in [0.25, 0.3) is 0 Å². The van der Waals surface area contributed by atoms with Crippen LogP contribution >= 0.6 is 7.82 Å². The number of esters is 2. The minimum absolute atomic E-state index is 0.0333. The number of carbonyl (C=O) groups excluding carboxylic acids is 2. The van der Waals surface area contributed by atoms with Gasteiger partial charge >= 0.3 is 11.9 Å². The van der Waals surface area contributed by atoms with Gasteiger partial charge in [0.1, 0.15) is 19.8 Å². The molecule has 0 rings (SSSR count). The van der Waals surface area contributed by atoms with E-state index in [0.29, 0.717) is 17.4 Å². The molecule has 2 atom stereocenters. The Morgan fingerprint density at radius 1 is 0.388 bits per heavy atom. The molecule has 0 heterocycles. The predicted molar refractivity (Wildman–Crippen MR) is 342 cm³/mol. The second kappa shape index (κ2) is 61.0. The number of rotatable bonds is 62. The van der Waals surface area contributed by atoms with Crippen LogP contribution in [0, 0.1) is 0 Å². The summed E-state index contributed by atoms with van der Waals surface area (Å²) in [7, 11) is 1.17. The molecule has 9 nitrogen and oxygen atoms in total. The number of ether oxygens (including phenoxy) is 2. The lowest BCUT2D eigenvalue weighted by atomic mass is 10.0. The summed E-state index contributed by atoms with van der Waals surface area (Å²) in [5, 5.41) is 0. The molecule has 0 aliphatic carbocycles. The van der Waals surface area contributed by atoms with Gasteiger partial charge in [-0.2, -0.15) is 0 Å². The van der Waals surface area contributed by atoms with Crippen molar-refractivity contribution in [2.45, 2.75) is 315 Å². The number of carbonyl (C=O) groups is 2. The molecule has 10 heteroatoms. The van der Waals surface area contributed by atoms with E-state index in [2.05, 4.69) is 86.8 Å². The number of phosphoric ester groups is 1. The van der Waals surface area contributed by atoms with Crippen LogP contribution in [0.5, 0.6) is 0 Å². The SMILES string of the molecule is CCCCCCC/C=C\C/C=C\C/C=C\CCCCCCCCCCCCCCCCCCCCC(=O)OC(COC(=O)CCCCCCCCCC/C=C\C/C=C\C/C=C\CCCCCCC)COP(=O)([O-])OCC[N+](C)(C)C. The summed E-state index contributed by atoms with van der Waals surface area (Å²) in [6, 6.07) is 0. The van der Waals surface area contributed by atoms with Gasteiger partial charge in [0.05, 0.1) is 27.7 Å². The topological polar surface area (TPSA) is 111 Å². The number of hydrogen-bond donors (Lipinski definition) is 0. The van der Waals surface area contributed by atoms with Crippen molar-refractivity contribution >= 4 is 19.8 Å². The summed E-state index contributed by atoms with van der Waals surface area (Å²) in [6.45, 7) is 4.24. The van der Waals surface area contributed by atoms with Crippen molar-refractivity contribution in [1.82, 2.24) is 0 Å². The Bertz CT molecular complexity index is 1580. The summed E-state index contributed by atoms with van der Waals surface area (Å²) in [5.74, 6) is -0.832. The highest BCUT2D eigenvalue weighted by atomic mass is 31.2. The van der Waals surface area contributed by atoms with Gasteiger partial charge in [0.2, 0.25) is 0 Å². The molecule has 2 unspecified atom stereocenters. The van der Waals surface area contributed by atoms with Gasteiger partial charge in [0, 0.05) is 12.8 Å². The van der Waals surface area contributed by atoms with E-state index < -0.39 is 26.5 Å². The molecule has 0 saturated carbocycles. The van der Waals surface area contributed by atoms with Crippen LogP contribution < -0.4 is 4.89 Å². The molecule has 0 amide bonds. The Kier molecular flexibility index (Phi) is 59.1. The number of hydrogen-bond acceptors (Lipinski definition) is 8. The zero-order valence-electron chi connectivity index (χ0n) is 53.0. The number of nitrogens with zero attached hydrogens (tertiary/aromatic N) is 1. The smallest absolute Gasteiger partial charge is 0.306 e. The van der Waals surface area contributed by atoms with Crippen LogP contribution in [0.4, 0.5) is 0 Å². The largest absolute Gasteiger partial charge is 0.756 e. The molecule has 0 bridgehead atoms. The first-order valence-corrected chi connectivity index (χ1v) is 35.1. The van der Waals surface area contributed by atoms with E-state index in [1.54, 1.807) is 0 Å². The molecule has 0 N–H and O–H groups in total. The average Bonchev–Trinajstić information content (AvgIpc) is 3.42. The van der Waals surface area contributed by atoms with Crippen LogP contribution in [-0.4, -0.2) is 70.0 Å². The Morgan fingerprint density at radius 3 is 1.00 bits per heavy atom. The Labute approximate surface area is 495 Å². The molecule has 80 heavy (non-hydrogen) atoms. The number of likely N-dealkylation sites (N-methyl/N-ethyl adjacent to an activating group) is 1. The second-order valence-corrected chi connectivity index (χ2v) is 25.2. The molecule has 0 saturated heterocycles. The fraction of sp³-hybridized carbons (Fsp3) is 0.800. The first-order valence-electron chi connectivity index (χ1n) is 33.6. The predicted octanol–water partition coefficient (Wildman–Crippen LogP) is 21.0. The van der Waals surface area contributed by atoms with Crippen LogP contribution in [-0.2, 0) is 32.7 Å². The number of unbranched alkanes of at least 4 members (excludes halogenated alkanes) is 36. The van der Waals surface area contributed by atoms with Gasteiger partial charge in [-0.3, -0.25) is 14.2 Å². The monoisotopic (exact) mass is 1140 g/mol. The molecular weight excluding hydrogens is 1010 g/mol. The molecule has 0 aliphatic heterocycles. The first-order chi connectivity index (χ1) is 39.0. The number of quaternary nitrogens is 1. The fourth-order valence-electron chi connectivity index (χ4n) is 9.50. The highest BCUT2D eigenvalue weighted by Gasteiger charge is 2.22. The van der Waals surface area contributed by atoms with Crippen molar-refractivity contribution in [3.63, 3.8) is 0 Å². The molecule has 0 aromatic carbocycles. The minimum atomic E-state index is -4.64. The van der Waals surface area contributed by atoms with E-state index in [0.717, 1.165) is 77.0 Å².